The first-order chi connectivity index (χ1) is 13.7. The first-order valence-electron chi connectivity index (χ1n) is 10.4. The number of halogens is 1. The van der Waals surface area contributed by atoms with Gasteiger partial charge in [0.1, 0.15) is 5.01 Å². The van der Waals surface area contributed by atoms with E-state index in [0.29, 0.717) is 6.04 Å². The standard InChI is InChI=1S/C22H33N5S.HI/c1-4-13-27-14-10-19(11-15-27)26-22(23-3)24-12-9-20-16-28-21(25-20)18-7-5-17(2)6-8-18;/h5-8,16,19H,4,9-15H2,1-3H3,(H2,23,24,26);1H. The molecule has 3 rings (SSSR count). The molecule has 1 fully saturated rings. The van der Waals surface area contributed by atoms with Gasteiger partial charge in [0.25, 0.3) is 0 Å². The fraction of sp³-hybridized carbons (Fsp3) is 0.545. The predicted octanol–water partition coefficient (Wildman–Crippen LogP) is 4.32. The number of guanidine groups is 1. The topological polar surface area (TPSA) is 52.5 Å². The third-order valence-corrected chi connectivity index (χ3v) is 6.16. The summed E-state index contributed by atoms with van der Waals surface area (Å²) in [5, 5.41) is 10.3. The zero-order valence-corrected chi connectivity index (χ0v) is 20.9. The molecule has 0 atom stereocenters. The average molecular weight is 528 g/mol. The van der Waals surface area contributed by atoms with Gasteiger partial charge in [0, 0.05) is 50.1 Å². The number of benzene rings is 1. The van der Waals surface area contributed by atoms with Crippen molar-refractivity contribution in [1.82, 2.24) is 20.5 Å². The largest absolute Gasteiger partial charge is 0.356 e. The molecule has 2 aromatic rings. The van der Waals surface area contributed by atoms with Crippen molar-refractivity contribution in [2.24, 2.45) is 4.99 Å². The Labute approximate surface area is 196 Å². The molecule has 0 amide bonds. The molecule has 0 saturated carbocycles. The highest BCUT2D eigenvalue weighted by Gasteiger charge is 2.19. The number of piperidine rings is 1. The maximum atomic E-state index is 4.79. The van der Waals surface area contributed by atoms with Crippen LogP contribution < -0.4 is 10.6 Å². The Morgan fingerprint density at radius 1 is 1.24 bits per heavy atom. The number of nitrogens with zero attached hydrogens (tertiary/aromatic N) is 3. The van der Waals surface area contributed by atoms with Crippen LogP contribution in [0.25, 0.3) is 10.6 Å². The maximum Gasteiger partial charge on any atom is 0.191 e. The Kier molecular flexibility index (Phi) is 10.4. The SMILES string of the molecule is CCCN1CCC(NC(=NC)NCCc2csc(-c3ccc(C)cc3)n2)CC1.I. The van der Waals surface area contributed by atoms with Crippen molar-refractivity contribution >= 4 is 41.3 Å². The number of thiazole rings is 1. The highest BCUT2D eigenvalue weighted by atomic mass is 127. The second kappa shape index (κ2) is 12.5. The van der Waals surface area contributed by atoms with E-state index in [-0.39, 0.29) is 24.0 Å². The normalized spacial score (nSPS) is 15.8. The van der Waals surface area contributed by atoms with Gasteiger partial charge in [-0.05, 0) is 32.7 Å². The summed E-state index contributed by atoms with van der Waals surface area (Å²) in [6, 6.07) is 9.09. The van der Waals surface area contributed by atoms with Crippen molar-refractivity contribution in [2.45, 2.75) is 45.6 Å². The van der Waals surface area contributed by atoms with Crippen LogP contribution in [0.4, 0.5) is 0 Å². The molecular weight excluding hydrogens is 493 g/mol. The minimum Gasteiger partial charge on any atom is -0.356 e. The van der Waals surface area contributed by atoms with Gasteiger partial charge in [-0.25, -0.2) is 4.98 Å². The van der Waals surface area contributed by atoms with E-state index in [1.807, 2.05) is 7.05 Å². The molecule has 2 heterocycles. The minimum absolute atomic E-state index is 0. The molecule has 7 heteroatoms. The summed E-state index contributed by atoms with van der Waals surface area (Å²) < 4.78 is 0. The van der Waals surface area contributed by atoms with E-state index in [0.717, 1.165) is 29.6 Å². The lowest BCUT2D eigenvalue weighted by atomic mass is 10.1. The zero-order chi connectivity index (χ0) is 19.8. The van der Waals surface area contributed by atoms with Gasteiger partial charge in [0.05, 0.1) is 5.69 Å². The average Bonchev–Trinajstić information content (AvgIpc) is 3.18. The van der Waals surface area contributed by atoms with Crippen molar-refractivity contribution in [3.8, 4) is 10.6 Å². The Morgan fingerprint density at radius 2 is 1.97 bits per heavy atom. The van der Waals surface area contributed by atoms with Gasteiger partial charge in [-0.1, -0.05) is 36.8 Å². The van der Waals surface area contributed by atoms with Crippen molar-refractivity contribution in [3.63, 3.8) is 0 Å². The first-order valence-corrected chi connectivity index (χ1v) is 11.3. The second-order valence-electron chi connectivity index (χ2n) is 7.52. The third kappa shape index (κ3) is 7.53. The lowest BCUT2D eigenvalue weighted by Gasteiger charge is -2.32. The van der Waals surface area contributed by atoms with Crippen molar-refractivity contribution in [2.75, 3.05) is 33.2 Å². The van der Waals surface area contributed by atoms with Gasteiger partial charge >= 0.3 is 0 Å². The molecular formula is C22H34IN5S. The maximum absolute atomic E-state index is 4.79. The number of aryl methyl sites for hydroxylation is 1. The molecule has 1 aromatic carbocycles. The van der Waals surface area contributed by atoms with Crippen LogP contribution in [-0.4, -0.2) is 55.1 Å². The highest BCUT2D eigenvalue weighted by Crippen LogP contribution is 2.24. The summed E-state index contributed by atoms with van der Waals surface area (Å²) >= 11 is 1.72. The van der Waals surface area contributed by atoms with E-state index in [2.05, 4.69) is 64.0 Å². The van der Waals surface area contributed by atoms with Gasteiger partial charge in [-0.3, -0.25) is 4.99 Å². The smallest absolute Gasteiger partial charge is 0.191 e. The number of nitrogens with one attached hydrogen (secondary N) is 2. The number of hydrogen-bond donors (Lipinski definition) is 2. The molecule has 0 unspecified atom stereocenters. The lowest BCUT2D eigenvalue weighted by Crippen LogP contribution is -2.49. The second-order valence-corrected chi connectivity index (χ2v) is 8.38. The minimum atomic E-state index is 0. The van der Waals surface area contributed by atoms with Crippen LogP contribution in [0.5, 0.6) is 0 Å². The first kappa shape index (κ1) is 24.1. The Hall–Kier alpha value is -1.19. The summed E-state index contributed by atoms with van der Waals surface area (Å²) in [5.74, 6) is 0.905. The van der Waals surface area contributed by atoms with Crippen LogP contribution in [0.3, 0.4) is 0 Å². The Morgan fingerprint density at radius 3 is 2.62 bits per heavy atom. The van der Waals surface area contributed by atoms with E-state index in [9.17, 15) is 0 Å². The van der Waals surface area contributed by atoms with E-state index in [1.165, 1.54) is 50.0 Å². The molecule has 0 spiro atoms. The fourth-order valence-corrected chi connectivity index (χ4v) is 4.42. The number of aromatic nitrogens is 1. The van der Waals surface area contributed by atoms with Crippen molar-refractivity contribution in [3.05, 3.63) is 40.9 Å². The van der Waals surface area contributed by atoms with E-state index < -0.39 is 0 Å². The van der Waals surface area contributed by atoms with E-state index in [1.54, 1.807) is 11.3 Å². The summed E-state index contributed by atoms with van der Waals surface area (Å²) in [7, 11) is 1.85. The number of aliphatic imine (C=N–C) groups is 1. The molecule has 29 heavy (non-hydrogen) atoms. The van der Waals surface area contributed by atoms with Gasteiger partial charge in [0.15, 0.2) is 5.96 Å². The zero-order valence-electron chi connectivity index (χ0n) is 17.8. The van der Waals surface area contributed by atoms with Crippen molar-refractivity contribution in [1.29, 1.82) is 0 Å². The molecule has 5 nitrogen and oxygen atoms in total. The molecule has 1 aromatic heterocycles. The molecule has 160 valence electrons. The van der Waals surface area contributed by atoms with Gasteiger partial charge in [-0.2, -0.15) is 0 Å². The summed E-state index contributed by atoms with van der Waals surface area (Å²) in [6.45, 7) is 8.79. The van der Waals surface area contributed by atoms with Crippen LogP contribution in [-0.2, 0) is 6.42 Å². The highest BCUT2D eigenvalue weighted by molar-refractivity contribution is 14.0. The summed E-state index contributed by atoms with van der Waals surface area (Å²) in [6.07, 6.45) is 4.51. The van der Waals surface area contributed by atoms with Crippen LogP contribution >= 0.6 is 35.3 Å². The van der Waals surface area contributed by atoms with E-state index >= 15 is 0 Å². The Bertz CT molecular complexity index is 751. The quantitative estimate of drug-likeness (QED) is 0.320. The van der Waals surface area contributed by atoms with Crippen LogP contribution in [0.15, 0.2) is 34.6 Å². The molecule has 1 aliphatic heterocycles. The van der Waals surface area contributed by atoms with Gasteiger partial charge in [0.2, 0.25) is 0 Å². The van der Waals surface area contributed by atoms with Gasteiger partial charge in [-0.15, -0.1) is 35.3 Å². The monoisotopic (exact) mass is 527 g/mol. The van der Waals surface area contributed by atoms with Crippen LogP contribution in [0.1, 0.15) is 37.4 Å². The number of hydrogen-bond acceptors (Lipinski definition) is 4. The Balaban J connectivity index is 0.00000300. The molecule has 1 aliphatic rings. The number of likely N-dealkylation sites (tertiary alicyclic amines) is 1. The van der Waals surface area contributed by atoms with Crippen LogP contribution in [0.2, 0.25) is 0 Å². The third-order valence-electron chi connectivity index (χ3n) is 5.22. The molecule has 1 saturated heterocycles. The summed E-state index contributed by atoms with van der Waals surface area (Å²) in [5.41, 5.74) is 3.61. The van der Waals surface area contributed by atoms with Crippen molar-refractivity contribution < 1.29 is 0 Å². The number of rotatable bonds is 7. The summed E-state index contributed by atoms with van der Waals surface area (Å²) in [4.78, 5) is 11.7. The molecule has 0 bridgehead atoms. The van der Waals surface area contributed by atoms with E-state index in [4.69, 9.17) is 4.98 Å². The predicted molar refractivity (Wildman–Crippen MR) is 136 cm³/mol. The van der Waals surface area contributed by atoms with Crippen LogP contribution in [0, 0.1) is 6.92 Å². The molecule has 0 radical (unpaired) electrons. The lowest BCUT2D eigenvalue weighted by molar-refractivity contribution is 0.206. The van der Waals surface area contributed by atoms with Gasteiger partial charge < -0.3 is 15.5 Å². The molecule has 0 aliphatic carbocycles. The molecule has 2 N–H and O–H groups in total. The fourth-order valence-electron chi connectivity index (χ4n) is 3.56.